The Morgan fingerprint density at radius 2 is 1.97 bits per heavy atom. The summed E-state index contributed by atoms with van der Waals surface area (Å²) in [6, 6.07) is 8.73. The fourth-order valence-corrected chi connectivity index (χ4v) is 4.68. The first-order valence-corrected chi connectivity index (χ1v) is 11.2. The lowest BCUT2D eigenvalue weighted by atomic mass is 10.1. The van der Waals surface area contributed by atoms with Gasteiger partial charge in [0.25, 0.3) is 5.91 Å². The molecule has 4 rings (SSSR count). The van der Waals surface area contributed by atoms with Gasteiger partial charge >= 0.3 is 0 Å². The van der Waals surface area contributed by atoms with Gasteiger partial charge in [-0.15, -0.1) is 10.2 Å². The van der Waals surface area contributed by atoms with Crippen LogP contribution in [-0.4, -0.2) is 37.9 Å². The van der Waals surface area contributed by atoms with Gasteiger partial charge in [0.1, 0.15) is 10.8 Å². The van der Waals surface area contributed by atoms with Crippen LogP contribution in [-0.2, 0) is 0 Å². The number of anilines is 1. The van der Waals surface area contributed by atoms with Gasteiger partial charge in [0.2, 0.25) is 4.96 Å². The Hall–Kier alpha value is -2.79. The normalized spacial score (nSPS) is 10.9. The van der Waals surface area contributed by atoms with Crippen molar-refractivity contribution in [3.05, 3.63) is 57.3 Å². The number of hydrogen-bond acceptors (Lipinski definition) is 7. The number of benzene rings is 2. The number of carbonyl (C=O) groups is 1. The maximum Gasteiger partial charge on any atom is 0.261 e. The zero-order valence-corrected chi connectivity index (χ0v) is 20.2. The molecule has 0 radical (unpaired) electrons. The van der Waals surface area contributed by atoms with Crippen LogP contribution in [0, 0.1) is 13.8 Å². The Labute approximate surface area is 202 Å². The molecule has 0 saturated carbocycles. The molecule has 0 bridgehead atoms. The topological polar surface area (TPSA) is 93.4 Å². The second kappa shape index (κ2) is 8.99. The lowest BCUT2D eigenvalue weighted by Gasteiger charge is -2.14. The fraction of sp³-hybridized carbons (Fsp3) is 0.150. The first-order valence-electron chi connectivity index (χ1n) is 9.22. The van der Waals surface area contributed by atoms with E-state index in [-0.39, 0.29) is 21.4 Å². The molecule has 0 atom stereocenters. The number of halogens is 2. The lowest BCUT2D eigenvalue weighted by molar-refractivity contribution is 0.0975. The number of nitrogens with zero attached hydrogens (tertiary/aromatic N) is 4. The smallest absolute Gasteiger partial charge is 0.261 e. The molecule has 1 amide bonds. The third-order valence-electron chi connectivity index (χ3n) is 4.55. The van der Waals surface area contributed by atoms with Crippen LogP contribution < -0.4 is 15.4 Å². The van der Waals surface area contributed by atoms with E-state index in [9.17, 15) is 4.79 Å². The minimum atomic E-state index is -0.492. The van der Waals surface area contributed by atoms with Gasteiger partial charge in [-0.1, -0.05) is 34.5 Å². The van der Waals surface area contributed by atoms with E-state index in [0.717, 1.165) is 32.6 Å². The molecule has 164 valence electrons. The minimum Gasteiger partial charge on any atom is -0.494 e. The van der Waals surface area contributed by atoms with E-state index in [2.05, 4.69) is 25.9 Å². The Bertz CT molecular complexity index is 1370. The van der Waals surface area contributed by atoms with Gasteiger partial charge in [-0.2, -0.15) is 9.61 Å². The minimum absolute atomic E-state index is 0.124. The van der Waals surface area contributed by atoms with E-state index < -0.39 is 5.91 Å². The maximum absolute atomic E-state index is 12.7. The molecule has 12 heteroatoms. The molecule has 0 aliphatic heterocycles. The summed E-state index contributed by atoms with van der Waals surface area (Å²) in [5, 5.41) is 19.8. The number of ether oxygens (including phenoxy) is 1. The van der Waals surface area contributed by atoms with Gasteiger partial charge in [-0.3, -0.25) is 10.1 Å². The third-order valence-corrected chi connectivity index (χ3v) is 6.20. The number of aromatic nitrogens is 4. The van der Waals surface area contributed by atoms with Crippen LogP contribution in [0.1, 0.15) is 21.7 Å². The first-order chi connectivity index (χ1) is 15.3. The molecule has 2 N–H and O–H groups in total. The van der Waals surface area contributed by atoms with Crippen LogP contribution in [0.3, 0.4) is 0 Å². The predicted molar refractivity (Wildman–Crippen MR) is 130 cm³/mol. The quantitative estimate of drug-likeness (QED) is 0.379. The second-order valence-electron chi connectivity index (χ2n) is 6.76. The van der Waals surface area contributed by atoms with E-state index in [1.807, 2.05) is 32.0 Å². The molecule has 8 nitrogen and oxygen atoms in total. The Morgan fingerprint density at radius 3 is 2.66 bits per heavy atom. The number of fused-ring (bicyclic) bond motifs is 1. The highest BCUT2D eigenvalue weighted by Gasteiger charge is 2.18. The number of aryl methyl sites for hydroxylation is 2. The Morgan fingerprint density at radius 1 is 1.19 bits per heavy atom. The van der Waals surface area contributed by atoms with Crippen molar-refractivity contribution in [2.24, 2.45) is 0 Å². The standard InChI is InChI=1S/C20H16Cl2N6O2S2/c1-9-6-11(18-27-28-10(2)25-26-20(28)32-18)4-5-15(9)23-19(31)24-17(29)13-7-12(21)8-14(22)16(13)30-3/h4-8H,1-3H3,(H2,23,24,29,31). The summed E-state index contributed by atoms with van der Waals surface area (Å²) >= 11 is 18.9. The van der Waals surface area contributed by atoms with Crippen LogP contribution in [0.25, 0.3) is 15.5 Å². The van der Waals surface area contributed by atoms with Gasteiger partial charge in [0, 0.05) is 16.3 Å². The number of hydrogen-bond donors (Lipinski definition) is 2. The molecular formula is C20H16Cl2N6O2S2. The van der Waals surface area contributed by atoms with Crippen molar-refractivity contribution in [1.82, 2.24) is 25.1 Å². The predicted octanol–water partition coefficient (Wildman–Crippen LogP) is 4.91. The van der Waals surface area contributed by atoms with Crippen LogP contribution >= 0.6 is 46.8 Å². The average molecular weight is 507 g/mol. The zero-order valence-electron chi connectivity index (χ0n) is 17.1. The molecule has 0 aliphatic carbocycles. The van der Waals surface area contributed by atoms with Crippen molar-refractivity contribution >= 4 is 68.4 Å². The monoisotopic (exact) mass is 506 g/mol. The Balaban J connectivity index is 1.49. The van der Waals surface area contributed by atoms with Crippen molar-refractivity contribution in [2.45, 2.75) is 13.8 Å². The number of rotatable bonds is 4. The van der Waals surface area contributed by atoms with Gasteiger partial charge in [0.15, 0.2) is 10.9 Å². The zero-order chi connectivity index (χ0) is 23.0. The molecular weight excluding hydrogens is 491 g/mol. The highest BCUT2D eigenvalue weighted by atomic mass is 35.5. The number of thiocarbonyl (C=S) groups is 1. The molecule has 0 unspecified atom stereocenters. The van der Waals surface area contributed by atoms with Crippen molar-refractivity contribution in [3.63, 3.8) is 0 Å². The van der Waals surface area contributed by atoms with Crippen LogP contribution in [0.5, 0.6) is 5.75 Å². The fourth-order valence-electron chi connectivity index (χ4n) is 3.03. The summed E-state index contributed by atoms with van der Waals surface area (Å²) in [4.78, 5) is 13.4. The number of nitrogens with one attached hydrogen (secondary N) is 2. The van der Waals surface area contributed by atoms with Crippen molar-refractivity contribution in [2.75, 3.05) is 12.4 Å². The van der Waals surface area contributed by atoms with E-state index in [0.29, 0.717) is 5.02 Å². The van der Waals surface area contributed by atoms with Gasteiger partial charge in [-0.05, 0) is 62.0 Å². The summed E-state index contributed by atoms with van der Waals surface area (Å²) in [5.41, 5.74) is 2.79. The second-order valence-corrected chi connectivity index (χ2v) is 8.96. The molecule has 0 fully saturated rings. The van der Waals surface area contributed by atoms with Crippen LogP contribution in [0.15, 0.2) is 30.3 Å². The van der Waals surface area contributed by atoms with Crippen LogP contribution in [0.2, 0.25) is 10.0 Å². The van der Waals surface area contributed by atoms with Gasteiger partial charge in [0.05, 0.1) is 17.7 Å². The molecule has 0 spiro atoms. The largest absolute Gasteiger partial charge is 0.494 e. The summed E-state index contributed by atoms with van der Waals surface area (Å²) in [7, 11) is 1.42. The van der Waals surface area contributed by atoms with Gasteiger partial charge < -0.3 is 10.1 Å². The third kappa shape index (κ3) is 4.40. The van der Waals surface area contributed by atoms with Crippen molar-refractivity contribution in [3.8, 4) is 16.3 Å². The number of methoxy groups -OCH3 is 1. The first kappa shape index (κ1) is 22.4. The Kier molecular flexibility index (Phi) is 6.29. The van der Waals surface area contributed by atoms with Gasteiger partial charge in [-0.25, -0.2) is 0 Å². The molecule has 4 aromatic rings. The molecule has 2 aromatic heterocycles. The average Bonchev–Trinajstić information content (AvgIpc) is 3.31. The summed E-state index contributed by atoms with van der Waals surface area (Å²) in [5.74, 6) is 0.460. The number of carbonyl (C=O) groups excluding carboxylic acids is 1. The number of amides is 1. The highest BCUT2D eigenvalue weighted by molar-refractivity contribution is 7.80. The SMILES string of the molecule is COc1c(Cl)cc(Cl)cc1C(=O)NC(=S)Nc1ccc(-c2nn3c(C)nnc3s2)cc1C. The van der Waals surface area contributed by atoms with E-state index >= 15 is 0 Å². The molecule has 0 saturated heterocycles. The maximum atomic E-state index is 12.7. The summed E-state index contributed by atoms with van der Waals surface area (Å²) in [6.07, 6.45) is 0. The molecule has 2 heterocycles. The lowest BCUT2D eigenvalue weighted by Crippen LogP contribution is -2.34. The van der Waals surface area contributed by atoms with E-state index in [4.69, 9.17) is 40.2 Å². The van der Waals surface area contributed by atoms with Crippen molar-refractivity contribution in [1.29, 1.82) is 0 Å². The van der Waals surface area contributed by atoms with Crippen molar-refractivity contribution < 1.29 is 9.53 Å². The molecule has 2 aromatic carbocycles. The molecule has 0 aliphatic rings. The summed E-state index contributed by atoms with van der Waals surface area (Å²) < 4.78 is 6.93. The highest BCUT2D eigenvalue weighted by Crippen LogP contribution is 2.32. The van der Waals surface area contributed by atoms with E-state index in [1.54, 1.807) is 4.52 Å². The molecule has 32 heavy (non-hydrogen) atoms. The van der Waals surface area contributed by atoms with E-state index in [1.165, 1.54) is 30.6 Å². The summed E-state index contributed by atoms with van der Waals surface area (Å²) in [6.45, 7) is 3.78. The van der Waals surface area contributed by atoms with Crippen LogP contribution in [0.4, 0.5) is 5.69 Å².